The number of carbonyl (C=O) groups is 3. The molecule has 29 heavy (non-hydrogen) atoms. The SMILES string of the molecule is COc1ccc(NC(=O)C2CC(=O)N(c3ccc(NC(C)=O)cc3)C2)cc1OC. The van der Waals surface area contributed by atoms with E-state index in [1.807, 2.05) is 0 Å². The third-order valence-electron chi connectivity index (χ3n) is 4.65. The van der Waals surface area contributed by atoms with E-state index in [0.29, 0.717) is 28.6 Å². The summed E-state index contributed by atoms with van der Waals surface area (Å²) >= 11 is 0. The molecule has 0 aromatic heterocycles. The van der Waals surface area contributed by atoms with Crippen molar-refractivity contribution >= 4 is 34.8 Å². The molecular formula is C21H23N3O5. The van der Waals surface area contributed by atoms with Crippen LogP contribution in [0, 0.1) is 5.92 Å². The van der Waals surface area contributed by atoms with E-state index in [2.05, 4.69) is 10.6 Å². The summed E-state index contributed by atoms with van der Waals surface area (Å²) in [6, 6.07) is 12.0. The van der Waals surface area contributed by atoms with Crippen LogP contribution in [0.15, 0.2) is 42.5 Å². The van der Waals surface area contributed by atoms with E-state index in [4.69, 9.17) is 9.47 Å². The van der Waals surface area contributed by atoms with Gasteiger partial charge in [0.05, 0.1) is 20.1 Å². The summed E-state index contributed by atoms with van der Waals surface area (Å²) in [4.78, 5) is 37.8. The van der Waals surface area contributed by atoms with Crippen LogP contribution in [0.25, 0.3) is 0 Å². The average Bonchev–Trinajstić information content (AvgIpc) is 3.10. The Kier molecular flexibility index (Phi) is 6.01. The molecule has 0 radical (unpaired) electrons. The minimum atomic E-state index is -0.467. The van der Waals surface area contributed by atoms with Crippen LogP contribution >= 0.6 is 0 Å². The lowest BCUT2D eigenvalue weighted by Gasteiger charge is -2.17. The van der Waals surface area contributed by atoms with Crippen molar-refractivity contribution in [1.82, 2.24) is 0 Å². The van der Waals surface area contributed by atoms with Crippen LogP contribution in [0.4, 0.5) is 17.1 Å². The summed E-state index contributed by atoms with van der Waals surface area (Å²) in [6.07, 6.45) is 0.132. The fourth-order valence-electron chi connectivity index (χ4n) is 3.22. The number of rotatable bonds is 6. The summed E-state index contributed by atoms with van der Waals surface area (Å²) in [5.74, 6) is 0.0873. The molecule has 1 aliphatic heterocycles. The molecule has 0 bridgehead atoms. The van der Waals surface area contributed by atoms with E-state index in [1.54, 1.807) is 47.4 Å². The normalized spacial score (nSPS) is 15.8. The van der Waals surface area contributed by atoms with Crippen molar-refractivity contribution in [3.63, 3.8) is 0 Å². The molecule has 0 aliphatic carbocycles. The molecule has 3 rings (SSSR count). The Hall–Kier alpha value is -3.55. The van der Waals surface area contributed by atoms with Crippen LogP contribution < -0.4 is 25.0 Å². The molecule has 152 valence electrons. The quantitative estimate of drug-likeness (QED) is 0.781. The minimum absolute atomic E-state index is 0.121. The number of hydrogen-bond acceptors (Lipinski definition) is 5. The largest absolute Gasteiger partial charge is 0.493 e. The highest BCUT2D eigenvalue weighted by Gasteiger charge is 2.35. The molecule has 1 atom stereocenters. The lowest BCUT2D eigenvalue weighted by molar-refractivity contribution is -0.122. The highest BCUT2D eigenvalue weighted by atomic mass is 16.5. The second-order valence-corrected chi connectivity index (χ2v) is 6.69. The number of ether oxygens (including phenoxy) is 2. The maximum absolute atomic E-state index is 12.7. The molecular weight excluding hydrogens is 374 g/mol. The predicted molar refractivity (Wildman–Crippen MR) is 109 cm³/mol. The first-order valence-electron chi connectivity index (χ1n) is 9.12. The molecule has 2 aromatic rings. The molecule has 1 saturated heterocycles. The van der Waals surface area contributed by atoms with E-state index in [9.17, 15) is 14.4 Å². The van der Waals surface area contributed by atoms with Gasteiger partial charge in [-0.3, -0.25) is 14.4 Å². The van der Waals surface area contributed by atoms with Gasteiger partial charge in [0.15, 0.2) is 11.5 Å². The van der Waals surface area contributed by atoms with Crippen molar-refractivity contribution in [2.75, 3.05) is 36.3 Å². The van der Waals surface area contributed by atoms with Gasteiger partial charge in [0.2, 0.25) is 17.7 Å². The Bertz CT molecular complexity index is 926. The topological polar surface area (TPSA) is 97.0 Å². The average molecular weight is 397 g/mol. The third kappa shape index (κ3) is 4.66. The van der Waals surface area contributed by atoms with Crippen LogP contribution in [0.5, 0.6) is 11.5 Å². The molecule has 1 fully saturated rings. The Morgan fingerprint density at radius 3 is 2.24 bits per heavy atom. The van der Waals surface area contributed by atoms with Crippen LogP contribution in [-0.2, 0) is 14.4 Å². The molecule has 1 heterocycles. The van der Waals surface area contributed by atoms with E-state index < -0.39 is 5.92 Å². The summed E-state index contributed by atoms with van der Waals surface area (Å²) in [5, 5.41) is 5.51. The number of benzene rings is 2. The lowest BCUT2D eigenvalue weighted by Crippen LogP contribution is -2.28. The van der Waals surface area contributed by atoms with Crippen molar-refractivity contribution in [2.24, 2.45) is 5.92 Å². The maximum Gasteiger partial charge on any atom is 0.229 e. The van der Waals surface area contributed by atoms with Gasteiger partial charge in [-0.1, -0.05) is 0 Å². The van der Waals surface area contributed by atoms with Crippen LogP contribution in [-0.4, -0.2) is 38.5 Å². The Labute approximate surface area is 168 Å². The first kappa shape index (κ1) is 20.2. The molecule has 2 aromatic carbocycles. The zero-order valence-electron chi connectivity index (χ0n) is 16.5. The molecule has 0 saturated carbocycles. The predicted octanol–water partition coefficient (Wildman–Crippen LogP) is 2.65. The highest BCUT2D eigenvalue weighted by Crippen LogP contribution is 2.31. The second-order valence-electron chi connectivity index (χ2n) is 6.69. The number of anilines is 3. The van der Waals surface area contributed by atoms with Gasteiger partial charge < -0.3 is 25.0 Å². The number of hydrogen-bond donors (Lipinski definition) is 2. The van der Waals surface area contributed by atoms with Crippen molar-refractivity contribution in [3.05, 3.63) is 42.5 Å². The Morgan fingerprint density at radius 1 is 0.966 bits per heavy atom. The number of amides is 3. The molecule has 1 unspecified atom stereocenters. The number of nitrogens with one attached hydrogen (secondary N) is 2. The minimum Gasteiger partial charge on any atom is -0.493 e. The maximum atomic E-state index is 12.7. The lowest BCUT2D eigenvalue weighted by atomic mass is 10.1. The van der Waals surface area contributed by atoms with Crippen LogP contribution in [0.3, 0.4) is 0 Å². The fraction of sp³-hybridized carbons (Fsp3) is 0.286. The molecule has 3 amide bonds. The molecule has 1 aliphatic rings. The smallest absolute Gasteiger partial charge is 0.229 e. The van der Waals surface area contributed by atoms with Gasteiger partial charge in [-0.15, -0.1) is 0 Å². The van der Waals surface area contributed by atoms with Gasteiger partial charge in [-0.2, -0.15) is 0 Å². The summed E-state index contributed by atoms with van der Waals surface area (Å²) < 4.78 is 10.4. The van der Waals surface area contributed by atoms with Crippen molar-refractivity contribution in [1.29, 1.82) is 0 Å². The number of nitrogens with zero attached hydrogens (tertiary/aromatic N) is 1. The van der Waals surface area contributed by atoms with Gasteiger partial charge in [0.1, 0.15) is 0 Å². The first-order chi connectivity index (χ1) is 13.9. The van der Waals surface area contributed by atoms with E-state index in [0.717, 1.165) is 0 Å². The van der Waals surface area contributed by atoms with Gasteiger partial charge in [0.25, 0.3) is 0 Å². The zero-order valence-corrected chi connectivity index (χ0v) is 16.5. The number of methoxy groups -OCH3 is 2. The van der Waals surface area contributed by atoms with Crippen molar-refractivity contribution in [2.45, 2.75) is 13.3 Å². The van der Waals surface area contributed by atoms with Crippen LogP contribution in [0.2, 0.25) is 0 Å². The fourth-order valence-corrected chi connectivity index (χ4v) is 3.22. The second kappa shape index (κ2) is 8.64. The molecule has 0 spiro atoms. The Balaban J connectivity index is 1.66. The van der Waals surface area contributed by atoms with Crippen molar-refractivity contribution in [3.8, 4) is 11.5 Å². The summed E-state index contributed by atoms with van der Waals surface area (Å²) in [6.45, 7) is 1.72. The van der Waals surface area contributed by atoms with E-state index in [1.165, 1.54) is 21.1 Å². The van der Waals surface area contributed by atoms with E-state index >= 15 is 0 Å². The van der Waals surface area contributed by atoms with Gasteiger partial charge in [-0.25, -0.2) is 0 Å². The Morgan fingerprint density at radius 2 is 1.62 bits per heavy atom. The first-order valence-corrected chi connectivity index (χ1v) is 9.12. The van der Waals surface area contributed by atoms with E-state index in [-0.39, 0.29) is 30.7 Å². The zero-order chi connectivity index (χ0) is 21.0. The summed E-state index contributed by atoms with van der Waals surface area (Å²) in [5.41, 5.74) is 1.90. The summed E-state index contributed by atoms with van der Waals surface area (Å²) in [7, 11) is 3.06. The molecule has 8 nitrogen and oxygen atoms in total. The standard InChI is InChI=1S/C21H23N3O5/c1-13(25)22-15-4-7-17(8-5-15)24-12-14(10-20(24)26)21(27)23-16-6-9-18(28-2)19(11-16)29-3/h4-9,11,14H,10,12H2,1-3H3,(H,22,25)(H,23,27). The van der Waals surface area contributed by atoms with Crippen LogP contribution in [0.1, 0.15) is 13.3 Å². The molecule has 2 N–H and O–H groups in total. The van der Waals surface area contributed by atoms with Gasteiger partial charge >= 0.3 is 0 Å². The van der Waals surface area contributed by atoms with Crippen molar-refractivity contribution < 1.29 is 23.9 Å². The third-order valence-corrected chi connectivity index (χ3v) is 4.65. The van der Waals surface area contributed by atoms with Gasteiger partial charge in [0, 0.05) is 43.0 Å². The molecule has 8 heteroatoms. The monoisotopic (exact) mass is 397 g/mol. The van der Waals surface area contributed by atoms with Gasteiger partial charge in [-0.05, 0) is 36.4 Å². The number of carbonyl (C=O) groups excluding carboxylic acids is 3. The highest BCUT2D eigenvalue weighted by molar-refractivity contribution is 6.03.